The van der Waals surface area contributed by atoms with Gasteiger partial charge in [0.25, 0.3) is 0 Å². The number of hydrogen-bond donors (Lipinski definition) is 2. The number of sulfonamides is 1. The van der Waals surface area contributed by atoms with Crippen LogP contribution >= 0.6 is 0 Å². The molecule has 0 aliphatic heterocycles. The van der Waals surface area contributed by atoms with Crippen molar-refractivity contribution in [1.82, 2.24) is 4.72 Å². The lowest BCUT2D eigenvalue weighted by molar-refractivity contribution is -0.122. The van der Waals surface area contributed by atoms with E-state index in [9.17, 15) is 34.8 Å². The number of alkyl halides is 4. The molecule has 0 bridgehead atoms. The highest BCUT2D eigenvalue weighted by atomic mass is 32.2. The standard InChI is InChI=1S/C10H10F6N2O2S/c11-6-1-5(3-17)2-7(8(6)12)21(19,20)18-4-10(15,16)9(13)14/h1-2,9,18H,3-4,17H2. The van der Waals surface area contributed by atoms with Gasteiger partial charge in [-0.1, -0.05) is 0 Å². The van der Waals surface area contributed by atoms with Gasteiger partial charge in [0.2, 0.25) is 10.0 Å². The second kappa shape index (κ2) is 6.20. The fourth-order valence-corrected chi connectivity index (χ4v) is 2.45. The van der Waals surface area contributed by atoms with Crippen LogP contribution < -0.4 is 10.5 Å². The first-order chi connectivity index (χ1) is 9.51. The number of benzene rings is 1. The van der Waals surface area contributed by atoms with Gasteiger partial charge in [-0.2, -0.15) is 8.78 Å². The third-order valence-corrected chi connectivity index (χ3v) is 3.80. The largest absolute Gasteiger partial charge is 0.326 e. The van der Waals surface area contributed by atoms with Gasteiger partial charge in [0, 0.05) is 6.54 Å². The molecule has 0 radical (unpaired) electrons. The number of hydrogen-bond acceptors (Lipinski definition) is 3. The van der Waals surface area contributed by atoms with Crippen molar-refractivity contribution in [3.05, 3.63) is 29.3 Å². The Morgan fingerprint density at radius 1 is 1.24 bits per heavy atom. The predicted octanol–water partition coefficient (Wildman–Crippen LogP) is 1.60. The maximum Gasteiger partial charge on any atom is 0.320 e. The van der Waals surface area contributed by atoms with Crippen molar-refractivity contribution in [2.75, 3.05) is 6.54 Å². The summed E-state index contributed by atoms with van der Waals surface area (Å²) in [6, 6.07) is 1.25. The first kappa shape index (κ1) is 17.7. The second-order valence-electron chi connectivity index (χ2n) is 3.98. The number of nitrogens with two attached hydrogens (primary N) is 1. The Balaban J connectivity index is 3.12. The summed E-state index contributed by atoms with van der Waals surface area (Å²) >= 11 is 0. The molecule has 1 rings (SSSR count). The van der Waals surface area contributed by atoms with E-state index in [1.807, 2.05) is 0 Å². The van der Waals surface area contributed by atoms with E-state index in [2.05, 4.69) is 0 Å². The smallest absolute Gasteiger partial charge is 0.320 e. The zero-order valence-electron chi connectivity index (χ0n) is 10.2. The van der Waals surface area contributed by atoms with E-state index < -0.39 is 45.4 Å². The van der Waals surface area contributed by atoms with Gasteiger partial charge in [0.1, 0.15) is 4.90 Å². The van der Waals surface area contributed by atoms with Crippen LogP contribution in [0.1, 0.15) is 5.56 Å². The lowest BCUT2D eigenvalue weighted by atomic mass is 10.2. The summed E-state index contributed by atoms with van der Waals surface area (Å²) in [7, 11) is -4.95. The number of rotatable bonds is 6. The van der Waals surface area contributed by atoms with Gasteiger partial charge < -0.3 is 5.73 Å². The first-order valence-corrected chi connectivity index (χ1v) is 6.83. The van der Waals surface area contributed by atoms with Crippen LogP contribution in [0.5, 0.6) is 0 Å². The molecule has 120 valence electrons. The lowest BCUT2D eigenvalue weighted by Crippen LogP contribution is -2.41. The minimum Gasteiger partial charge on any atom is -0.326 e. The van der Waals surface area contributed by atoms with Crippen LogP contribution in [0.2, 0.25) is 0 Å². The molecule has 0 amide bonds. The molecule has 0 aromatic heterocycles. The molecule has 0 spiro atoms. The molecule has 1 aromatic carbocycles. The summed E-state index contributed by atoms with van der Waals surface area (Å²) in [4.78, 5) is -1.28. The Bertz CT molecular complexity index is 620. The molecule has 0 saturated carbocycles. The van der Waals surface area contributed by atoms with Crippen LogP contribution in [0.4, 0.5) is 26.3 Å². The van der Waals surface area contributed by atoms with E-state index in [0.29, 0.717) is 12.1 Å². The van der Waals surface area contributed by atoms with Crippen LogP contribution in [0.3, 0.4) is 0 Å². The van der Waals surface area contributed by atoms with Gasteiger partial charge in [-0.25, -0.2) is 30.7 Å². The van der Waals surface area contributed by atoms with Gasteiger partial charge in [-0.05, 0) is 17.7 Å². The second-order valence-corrected chi connectivity index (χ2v) is 5.72. The molecule has 1 aromatic rings. The zero-order valence-corrected chi connectivity index (χ0v) is 11.0. The molecule has 0 aliphatic rings. The maximum absolute atomic E-state index is 13.4. The van der Waals surface area contributed by atoms with Crippen molar-refractivity contribution in [1.29, 1.82) is 0 Å². The maximum atomic E-state index is 13.4. The average molecular weight is 336 g/mol. The van der Waals surface area contributed by atoms with Crippen molar-refractivity contribution in [2.24, 2.45) is 5.73 Å². The van der Waals surface area contributed by atoms with Crippen molar-refractivity contribution < 1.29 is 34.8 Å². The lowest BCUT2D eigenvalue weighted by Gasteiger charge is -2.16. The van der Waals surface area contributed by atoms with Gasteiger partial charge >= 0.3 is 12.3 Å². The van der Waals surface area contributed by atoms with Crippen LogP contribution in [0.15, 0.2) is 17.0 Å². The minimum atomic E-state index is -4.95. The van der Waals surface area contributed by atoms with E-state index in [1.165, 1.54) is 0 Å². The van der Waals surface area contributed by atoms with Crippen LogP contribution in [0.25, 0.3) is 0 Å². The van der Waals surface area contributed by atoms with Gasteiger partial charge in [-0.15, -0.1) is 0 Å². The molecular formula is C10H10F6N2O2S. The molecule has 0 heterocycles. The molecule has 11 heteroatoms. The van der Waals surface area contributed by atoms with Crippen molar-refractivity contribution >= 4 is 10.0 Å². The monoisotopic (exact) mass is 336 g/mol. The Morgan fingerprint density at radius 3 is 2.29 bits per heavy atom. The number of halogens is 6. The quantitative estimate of drug-likeness (QED) is 0.775. The third-order valence-electron chi connectivity index (χ3n) is 2.40. The molecule has 0 aliphatic carbocycles. The van der Waals surface area contributed by atoms with Gasteiger partial charge in [-0.3, -0.25) is 0 Å². The Kier molecular flexibility index (Phi) is 5.23. The Morgan fingerprint density at radius 2 is 1.81 bits per heavy atom. The molecule has 3 N–H and O–H groups in total. The van der Waals surface area contributed by atoms with Crippen molar-refractivity contribution in [3.8, 4) is 0 Å². The summed E-state index contributed by atoms with van der Waals surface area (Å²) in [6.07, 6.45) is -4.11. The highest BCUT2D eigenvalue weighted by molar-refractivity contribution is 7.89. The normalized spacial score (nSPS) is 13.0. The molecule has 21 heavy (non-hydrogen) atoms. The fourth-order valence-electron chi connectivity index (χ4n) is 1.28. The number of nitrogens with one attached hydrogen (secondary N) is 1. The predicted molar refractivity (Wildman–Crippen MR) is 60.4 cm³/mol. The molecule has 0 atom stereocenters. The van der Waals surface area contributed by atoms with Crippen LogP contribution in [0, 0.1) is 11.6 Å². The van der Waals surface area contributed by atoms with Crippen molar-refractivity contribution in [3.63, 3.8) is 0 Å². The summed E-state index contributed by atoms with van der Waals surface area (Å²) in [5.74, 6) is -8.02. The zero-order chi connectivity index (χ0) is 16.4. The van der Waals surface area contributed by atoms with Crippen LogP contribution in [-0.2, 0) is 16.6 Å². The summed E-state index contributed by atoms with van der Waals surface area (Å²) < 4.78 is 100. The summed E-state index contributed by atoms with van der Waals surface area (Å²) in [6.45, 7) is -2.30. The van der Waals surface area contributed by atoms with E-state index >= 15 is 0 Å². The summed E-state index contributed by atoms with van der Waals surface area (Å²) in [5, 5.41) is 0. The minimum absolute atomic E-state index is 0.116. The third kappa shape index (κ3) is 4.08. The van der Waals surface area contributed by atoms with E-state index in [4.69, 9.17) is 5.73 Å². The van der Waals surface area contributed by atoms with E-state index in [-0.39, 0.29) is 12.1 Å². The highest BCUT2D eigenvalue weighted by Gasteiger charge is 2.42. The Hall–Kier alpha value is -1.33. The molecule has 0 unspecified atom stereocenters. The van der Waals surface area contributed by atoms with Gasteiger partial charge in [0.15, 0.2) is 11.6 Å². The van der Waals surface area contributed by atoms with Crippen molar-refractivity contribution in [2.45, 2.75) is 23.8 Å². The van der Waals surface area contributed by atoms with E-state index in [0.717, 1.165) is 4.72 Å². The van der Waals surface area contributed by atoms with Gasteiger partial charge in [0.05, 0.1) is 6.54 Å². The molecule has 4 nitrogen and oxygen atoms in total. The van der Waals surface area contributed by atoms with E-state index in [1.54, 1.807) is 0 Å². The first-order valence-electron chi connectivity index (χ1n) is 5.35. The fraction of sp³-hybridized carbons (Fsp3) is 0.400. The van der Waals surface area contributed by atoms with Crippen LogP contribution in [-0.4, -0.2) is 27.3 Å². The average Bonchev–Trinajstić information content (AvgIpc) is 2.39. The molecule has 0 fully saturated rings. The highest BCUT2D eigenvalue weighted by Crippen LogP contribution is 2.24. The molecular weight excluding hydrogens is 326 g/mol. The molecule has 0 saturated heterocycles. The topological polar surface area (TPSA) is 72.2 Å². The summed E-state index contributed by atoms with van der Waals surface area (Å²) in [5.41, 5.74) is 5.02. The Labute approximate surface area is 116 Å². The SMILES string of the molecule is NCc1cc(F)c(F)c(S(=O)(=O)NCC(F)(F)C(F)F)c1.